The van der Waals surface area contributed by atoms with Crippen molar-refractivity contribution in [3.8, 4) is 0 Å². The number of hydrogen-bond acceptors (Lipinski definition) is 3. The van der Waals surface area contributed by atoms with Crippen LogP contribution in [0.5, 0.6) is 0 Å². The third-order valence-corrected chi connectivity index (χ3v) is 5.95. The van der Waals surface area contributed by atoms with E-state index in [0.717, 1.165) is 35.9 Å². The Kier molecular flexibility index (Phi) is 4.85. The van der Waals surface area contributed by atoms with Gasteiger partial charge in [-0.1, -0.05) is 25.8 Å². The fourth-order valence-corrected chi connectivity index (χ4v) is 4.43. The lowest BCUT2D eigenvalue weighted by Crippen LogP contribution is -2.54. The van der Waals surface area contributed by atoms with Crippen LogP contribution in [-0.4, -0.2) is 52.3 Å². The molecule has 1 aromatic carbocycles. The van der Waals surface area contributed by atoms with Crippen molar-refractivity contribution in [2.24, 2.45) is 0 Å². The number of pyridine rings is 1. The summed E-state index contributed by atoms with van der Waals surface area (Å²) in [5.41, 5.74) is 3.51. The van der Waals surface area contributed by atoms with Crippen LogP contribution in [0.2, 0.25) is 0 Å². The molecule has 2 amide bonds. The highest BCUT2D eigenvalue weighted by Gasteiger charge is 2.33. The predicted octanol–water partition coefficient (Wildman–Crippen LogP) is 3.33. The first-order chi connectivity index (χ1) is 13.1. The van der Waals surface area contributed by atoms with Gasteiger partial charge < -0.3 is 9.80 Å². The topological polar surface area (TPSA) is 53.5 Å². The Morgan fingerprint density at radius 3 is 2.67 bits per heavy atom. The summed E-state index contributed by atoms with van der Waals surface area (Å²) in [4.78, 5) is 34.2. The molecule has 1 saturated heterocycles. The van der Waals surface area contributed by atoms with Gasteiger partial charge in [0.1, 0.15) is 6.54 Å². The van der Waals surface area contributed by atoms with Crippen molar-refractivity contribution in [2.75, 3.05) is 19.6 Å². The van der Waals surface area contributed by atoms with Gasteiger partial charge in [0, 0.05) is 30.2 Å². The molecule has 0 unspecified atom stereocenters. The number of nitrogens with zero attached hydrogens (tertiary/aromatic N) is 3. The monoisotopic (exact) mass is 365 g/mol. The number of benzene rings is 1. The van der Waals surface area contributed by atoms with Gasteiger partial charge in [-0.3, -0.25) is 14.6 Å². The molecule has 1 aliphatic heterocycles. The van der Waals surface area contributed by atoms with Gasteiger partial charge in [0.05, 0.1) is 11.1 Å². The molecule has 5 nitrogen and oxygen atoms in total. The zero-order valence-corrected chi connectivity index (χ0v) is 16.2. The Balaban J connectivity index is 1.60. The number of amides is 2. The van der Waals surface area contributed by atoms with Crippen LogP contribution in [0.15, 0.2) is 24.3 Å². The van der Waals surface area contributed by atoms with Crippen LogP contribution in [0.4, 0.5) is 0 Å². The lowest BCUT2D eigenvalue weighted by molar-refractivity contribution is -0.137. The lowest BCUT2D eigenvalue weighted by Gasteiger charge is -2.38. The minimum absolute atomic E-state index is 0.0572. The summed E-state index contributed by atoms with van der Waals surface area (Å²) < 4.78 is 0. The Morgan fingerprint density at radius 1 is 1.19 bits per heavy atom. The summed E-state index contributed by atoms with van der Waals surface area (Å²) >= 11 is 0. The number of aromatic nitrogens is 1. The Morgan fingerprint density at radius 2 is 1.96 bits per heavy atom. The third kappa shape index (κ3) is 3.43. The van der Waals surface area contributed by atoms with E-state index in [2.05, 4.69) is 24.0 Å². The summed E-state index contributed by atoms with van der Waals surface area (Å²) in [6.07, 6.45) is 5.54. The van der Waals surface area contributed by atoms with Crippen LogP contribution in [0.1, 0.15) is 54.2 Å². The second-order valence-electron chi connectivity index (χ2n) is 7.77. The minimum Gasteiger partial charge on any atom is -0.336 e. The second-order valence-corrected chi connectivity index (χ2v) is 7.77. The van der Waals surface area contributed by atoms with Gasteiger partial charge in [-0.15, -0.1) is 0 Å². The summed E-state index contributed by atoms with van der Waals surface area (Å²) in [6, 6.07) is 8.35. The molecule has 1 saturated carbocycles. The van der Waals surface area contributed by atoms with Crippen LogP contribution >= 0.6 is 0 Å². The highest BCUT2D eigenvalue weighted by molar-refractivity contribution is 6.07. The van der Waals surface area contributed by atoms with Gasteiger partial charge in [-0.25, -0.2) is 0 Å². The standard InChI is InChI=1S/C22H27N3O2/c1-3-16-8-9-20-18(13-16)19(12-15(2)23-20)22(27)24-10-11-25(21(26)14-24)17-6-4-5-7-17/h8-9,12-13,17H,3-7,10-11,14H2,1-2H3. The van der Waals surface area contributed by atoms with Crippen LogP contribution in [-0.2, 0) is 11.2 Å². The molecule has 2 fully saturated rings. The van der Waals surface area contributed by atoms with E-state index < -0.39 is 0 Å². The van der Waals surface area contributed by atoms with E-state index in [1.54, 1.807) is 4.90 Å². The van der Waals surface area contributed by atoms with Crippen molar-refractivity contribution >= 4 is 22.7 Å². The van der Waals surface area contributed by atoms with Gasteiger partial charge in [-0.2, -0.15) is 0 Å². The van der Waals surface area contributed by atoms with Gasteiger partial charge in [0.25, 0.3) is 5.91 Å². The first-order valence-electron chi connectivity index (χ1n) is 10.1. The average molecular weight is 365 g/mol. The van der Waals surface area contributed by atoms with Crippen LogP contribution in [0, 0.1) is 6.92 Å². The molecule has 0 radical (unpaired) electrons. The van der Waals surface area contributed by atoms with Crippen molar-refractivity contribution < 1.29 is 9.59 Å². The van der Waals surface area contributed by atoms with E-state index in [9.17, 15) is 9.59 Å². The maximum Gasteiger partial charge on any atom is 0.255 e. The van der Waals surface area contributed by atoms with Crippen LogP contribution in [0.3, 0.4) is 0 Å². The van der Waals surface area contributed by atoms with E-state index in [1.165, 1.54) is 18.4 Å². The molecule has 1 aliphatic carbocycles. The molecule has 2 aliphatic rings. The molecule has 142 valence electrons. The van der Waals surface area contributed by atoms with Crippen molar-refractivity contribution in [1.82, 2.24) is 14.8 Å². The summed E-state index contributed by atoms with van der Waals surface area (Å²) in [7, 11) is 0. The molecule has 0 bridgehead atoms. The molecule has 1 aromatic heterocycles. The van der Waals surface area contributed by atoms with Crippen molar-refractivity contribution in [3.63, 3.8) is 0 Å². The summed E-state index contributed by atoms with van der Waals surface area (Å²) in [6.45, 7) is 5.46. The molecule has 2 heterocycles. The van der Waals surface area contributed by atoms with E-state index in [-0.39, 0.29) is 18.4 Å². The molecular weight excluding hydrogens is 338 g/mol. The smallest absolute Gasteiger partial charge is 0.255 e. The number of carbonyl (C=O) groups excluding carboxylic acids is 2. The number of carbonyl (C=O) groups is 2. The Labute approximate surface area is 160 Å². The van der Waals surface area contributed by atoms with E-state index in [1.807, 2.05) is 24.0 Å². The van der Waals surface area contributed by atoms with E-state index in [0.29, 0.717) is 24.7 Å². The first-order valence-corrected chi connectivity index (χ1v) is 10.1. The maximum absolute atomic E-state index is 13.3. The minimum atomic E-state index is -0.0572. The lowest BCUT2D eigenvalue weighted by atomic mass is 10.0. The quantitative estimate of drug-likeness (QED) is 0.838. The molecule has 2 aromatic rings. The molecule has 0 spiro atoms. The second kappa shape index (κ2) is 7.29. The van der Waals surface area contributed by atoms with Crippen LogP contribution < -0.4 is 0 Å². The fourth-order valence-electron chi connectivity index (χ4n) is 4.43. The number of hydrogen-bond donors (Lipinski definition) is 0. The fraction of sp³-hybridized carbons (Fsp3) is 0.500. The average Bonchev–Trinajstić information content (AvgIpc) is 3.20. The van der Waals surface area contributed by atoms with E-state index in [4.69, 9.17) is 0 Å². The molecule has 27 heavy (non-hydrogen) atoms. The SMILES string of the molecule is CCc1ccc2nc(C)cc(C(=O)N3CCN(C4CCCC4)C(=O)C3)c2c1. The number of rotatable bonds is 3. The molecule has 5 heteroatoms. The van der Waals surface area contributed by atoms with Crippen molar-refractivity contribution in [1.29, 1.82) is 0 Å². The Bertz CT molecular complexity index is 887. The molecule has 4 rings (SSSR count). The highest BCUT2D eigenvalue weighted by Crippen LogP contribution is 2.26. The number of piperazine rings is 1. The number of fused-ring (bicyclic) bond motifs is 1. The zero-order chi connectivity index (χ0) is 19.0. The van der Waals surface area contributed by atoms with Gasteiger partial charge in [0.15, 0.2) is 0 Å². The zero-order valence-electron chi connectivity index (χ0n) is 16.2. The molecule has 0 N–H and O–H groups in total. The summed E-state index contributed by atoms with van der Waals surface area (Å²) in [5.74, 6) is 0.0315. The first kappa shape index (κ1) is 18.0. The normalized spacial score (nSPS) is 18.5. The predicted molar refractivity (Wildman–Crippen MR) is 106 cm³/mol. The van der Waals surface area contributed by atoms with Gasteiger partial charge in [0.2, 0.25) is 5.91 Å². The van der Waals surface area contributed by atoms with E-state index >= 15 is 0 Å². The van der Waals surface area contributed by atoms with Crippen molar-refractivity contribution in [3.05, 3.63) is 41.1 Å². The van der Waals surface area contributed by atoms with Gasteiger partial charge >= 0.3 is 0 Å². The number of aryl methyl sites for hydroxylation is 2. The Hall–Kier alpha value is -2.43. The van der Waals surface area contributed by atoms with Crippen LogP contribution in [0.25, 0.3) is 10.9 Å². The van der Waals surface area contributed by atoms with Crippen molar-refractivity contribution in [2.45, 2.75) is 52.0 Å². The van der Waals surface area contributed by atoms with Gasteiger partial charge in [-0.05, 0) is 49.9 Å². The molecular formula is C22H27N3O2. The largest absolute Gasteiger partial charge is 0.336 e. The molecule has 0 atom stereocenters. The highest BCUT2D eigenvalue weighted by atomic mass is 16.2. The summed E-state index contributed by atoms with van der Waals surface area (Å²) in [5, 5.41) is 0.885. The maximum atomic E-state index is 13.3. The third-order valence-electron chi connectivity index (χ3n) is 5.95.